The Morgan fingerprint density at radius 3 is 2.58 bits per heavy atom. The van der Waals surface area contributed by atoms with Gasteiger partial charge in [-0.1, -0.05) is 0 Å². The number of hydrogen-bond donors (Lipinski definition) is 1. The molecule has 1 atom stereocenters. The Morgan fingerprint density at radius 1 is 1.42 bits per heavy atom. The van der Waals surface area contributed by atoms with Gasteiger partial charge in [0.1, 0.15) is 0 Å². The summed E-state index contributed by atoms with van der Waals surface area (Å²) in [6.45, 7) is 4.20. The maximum Gasteiger partial charge on any atom is 0.269 e. The predicted octanol–water partition coefficient (Wildman–Crippen LogP) is 1.45. The van der Waals surface area contributed by atoms with Crippen molar-refractivity contribution in [3.8, 4) is 0 Å². The van der Waals surface area contributed by atoms with Gasteiger partial charge >= 0.3 is 0 Å². The van der Waals surface area contributed by atoms with Crippen LogP contribution in [0.1, 0.15) is 17.3 Å². The molecular weight excluding hydrogens is 270 g/mol. The van der Waals surface area contributed by atoms with E-state index in [2.05, 4.69) is 5.32 Å². The SMILES string of the molecule is CC1CNCCN1C(=O)c1ccc([N+](=O)[O-])cc1.Cl. The number of amides is 1. The Balaban J connectivity index is 0.00000180. The number of hydrogen-bond acceptors (Lipinski definition) is 4. The largest absolute Gasteiger partial charge is 0.333 e. The molecule has 0 spiro atoms. The molecule has 1 aliphatic rings. The van der Waals surface area contributed by atoms with Crippen LogP contribution in [0, 0.1) is 10.1 Å². The molecule has 2 rings (SSSR count). The van der Waals surface area contributed by atoms with E-state index in [9.17, 15) is 14.9 Å². The Kier molecular flexibility index (Phi) is 5.26. The fourth-order valence-corrected chi connectivity index (χ4v) is 2.03. The van der Waals surface area contributed by atoms with Crippen LogP contribution in [0.3, 0.4) is 0 Å². The number of rotatable bonds is 2. The molecule has 1 saturated heterocycles. The van der Waals surface area contributed by atoms with E-state index in [0.717, 1.165) is 13.1 Å². The van der Waals surface area contributed by atoms with E-state index in [4.69, 9.17) is 0 Å². The van der Waals surface area contributed by atoms with E-state index < -0.39 is 4.92 Å². The van der Waals surface area contributed by atoms with Gasteiger partial charge in [-0.05, 0) is 19.1 Å². The van der Waals surface area contributed by atoms with Gasteiger partial charge in [-0.25, -0.2) is 0 Å². The Morgan fingerprint density at radius 2 is 2.05 bits per heavy atom. The summed E-state index contributed by atoms with van der Waals surface area (Å²) in [5, 5.41) is 13.7. The highest BCUT2D eigenvalue weighted by Gasteiger charge is 2.24. The van der Waals surface area contributed by atoms with Gasteiger partial charge in [0, 0.05) is 43.4 Å². The number of halogens is 1. The molecule has 1 heterocycles. The molecule has 1 unspecified atom stereocenters. The summed E-state index contributed by atoms with van der Waals surface area (Å²) in [5.41, 5.74) is 0.495. The van der Waals surface area contributed by atoms with Gasteiger partial charge in [0.25, 0.3) is 11.6 Å². The van der Waals surface area contributed by atoms with Crippen molar-refractivity contribution in [2.24, 2.45) is 0 Å². The van der Waals surface area contributed by atoms with E-state index in [1.807, 2.05) is 6.92 Å². The van der Waals surface area contributed by atoms with Gasteiger partial charge in [-0.15, -0.1) is 12.4 Å². The van der Waals surface area contributed by atoms with Gasteiger partial charge in [-0.2, -0.15) is 0 Å². The number of nitrogens with one attached hydrogen (secondary N) is 1. The van der Waals surface area contributed by atoms with E-state index in [1.54, 1.807) is 4.90 Å². The Hall–Kier alpha value is -1.66. The third-order valence-electron chi connectivity index (χ3n) is 3.09. The first kappa shape index (κ1) is 15.4. The van der Waals surface area contributed by atoms with Crippen molar-refractivity contribution >= 4 is 24.0 Å². The van der Waals surface area contributed by atoms with Crippen LogP contribution in [0.4, 0.5) is 5.69 Å². The van der Waals surface area contributed by atoms with Crippen LogP contribution in [0.2, 0.25) is 0 Å². The summed E-state index contributed by atoms with van der Waals surface area (Å²) in [7, 11) is 0. The predicted molar refractivity (Wildman–Crippen MR) is 73.7 cm³/mol. The molecule has 0 aliphatic carbocycles. The zero-order valence-corrected chi connectivity index (χ0v) is 11.4. The summed E-state index contributed by atoms with van der Waals surface area (Å²) in [6, 6.07) is 5.88. The van der Waals surface area contributed by atoms with Crippen molar-refractivity contribution in [2.75, 3.05) is 19.6 Å². The molecule has 0 bridgehead atoms. The molecule has 104 valence electrons. The van der Waals surface area contributed by atoms with Crippen molar-refractivity contribution in [1.82, 2.24) is 10.2 Å². The van der Waals surface area contributed by atoms with Gasteiger partial charge < -0.3 is 10.2 Å². The first-order valence-electron chi connectivity index (χ1n) is 5.85. The van der Waals surface area contributed by atoms with Gasteiger partial charge in [-0.3, -0.25) is 14.9 Å². The summed E-state index contributed by atoms with van der Waals surface area (Å²) < 4.78 is 0. The van der Waals surface area contributed by atoms with Crippen LogP contribution >= 0.6 is 12.4 Å². The van der Waals surface area contributed by atoms with E-state index in [-0.39, 0.29) is 30.0 Å². The Labute approximate surface area is 117 Å². The zero-order valence-electron chi connectivity index (χ0n) is 10.5. The monoisotopic (exact) mass is 285 g/mol. The fraction of sp³-hybridized carbons (Fsp3) is 0.417. The quantitative estimate of drug-likeness (QED) is 0.659. The lowest BCUT2D eigenvalue weighted by Gasteiger charge is -2.34. The molecular formula is C12H16ClN3O3. The second-order valence-electron chi connectivity index (χ2n) is 4.36. The Bertz CT molecular complexity index is 464. The number of nitro benzene ring substituents is 1. The third kappa shape index (κ3) is 3.42. The van der Waals surface area contributed by atoms with Crippen LogP contribution < -0.4 is 5.32 Å². The highest BCUT2D eigenvalue weighted by molar-refractivity contribution is 5.94. The molecule has 1 amide bonds. The molecule has 19 heavy (non-hydrogen) atoms. The second-order valence-corrected chi connectivity index (χ2v) is 4.36. The highest BCUT2D eigenvalue weighted by atomic mass is 35.5. The van der Waals surface area contributed by atoms with Crippen molar-refractivity contribution in [3.05, 3.63) is 39.9 Å². The zero-order chi connectivity index (χ0) is 13.1. The third-order valence-corrected chi connectivity index (χ3v) is 3.09. The first-order chi connectivity index (χ1) is 8.59. The molecule has 1 N–H and O–H groups in total. The van der Waals surface area contributed by atoms with Crippen LogP contribution in [0.15, 0.2) is 24.3 Å². The molecule has 1 fully saturated rings. The minimum absolute atomic E-state index is 0. The molecule has 1 aromatic rings. The van der Waals surface area contributed by atoms with E-state index >= 15 is 0 Å². The van der Waals surface area contributed by atoms with Crippen molar-refractivity contribution in [3.63, 3.8) is 0 Å². The maximum absolute atomic E-state index is 12.2. The lowest BCUT2D eigenvalue weighted by Crippen LogP contribution is -2.52. The van der Waals surface area contributed by atoms with Gasteiger partial charge in [0.2, 0.25) is 0 Å². The standard InChI is InChI=1S/C12H15N3O3.ClH/c1-9-8-13-6-7-14(9)12(16)10-2-4-11(5-3-10)15(17)18;/h2-5,9,13H,6-8H2,1H3;1H. The number of nitro groups is 1. The number of carbonyl (C=O) groups is 1. The summed E-state index contributed by atoms with van der Waals surface area (Å²) >= 11 is 0. The second kappa shape index (κ2) is 6.49. The molecule has 0 saturated carbocycles. The topological polar surface area (TPSA) is 75.5 Å². The summed E-state index contributed by atoms with van der Waals surface area (Å²) in [4.78, 5) is 24.1. The minimum atomic E-state index is -0.471. The number of nitrogens with zero attached hydrogens (tertiary/aromatic N) is 2. The maximum atomic E-state index is 12.2. The van der Waals surface area contributed by atoms with Crippen molar-refractivity contribution in [1.29, 1.82) is 0 Å². The fourth-order valence-electron chi connectivity index (χ4n) is 2.03. The average molecular weight is 286 g/mol. The number of benzene rings is 1. The summed E-state index contributed by atoms with van der Waals surface area (Å²) in [5.74, 6) is -0.0705. The number of carbonyl (C=O) groups excluding carboxylic acids is 1. The van der Waals surface area contributed by atoms with Crippen molar-refractivity contribution in [2.45, 2.75) is 13.0 Å². The van der Waals surface area contributed by atoms with Crippen LogP contribution in [-0.4, -0.2) is 41.4 Å². The normalized spacial score (nSPS) is 18.6. The lowest BCUT2D eigenvalue weighted by molar-refractivity contribution is -0.384. The van der Waals surface area contributed by atoms with E-state index in [1.165, 1.54) is 24.3 Å². The summed E-state index contributed by atoms with van der Waals surface area (Å²) in [6.07, 6.45) is 0. The molecule has 0 radical (unpaired) electrons. The molecule has 1 aliphatic heterocycles. The molecule has 1 aromatic carbocycles. The van der Waals surface area contributed by atoms with Gasteiger partial charge in [0.05, 0.1) is 4.92 Å². The molecule has 7 heteroatoms. The molecule has 6 nitrogen and oxygen atoms in total. The molecule has 0 aromatic heterocycles. The average Bonchev–Trinajstić information content (AvgIpc) is 2.38. The van der Waals surface area contributed by atoms with Gasteiger partial charge in [0.15, 0.2) is 0 Å². The van der Waals surface area contributed by atoms with Crippen LogP contribution in [-0.2, 0) is 0 Å². The van der Waals surface area contributed by atoms with E-state index in [0.29, 0.717) is 12.1 Å². The smallest absolute Gasteiger partial charge is 0.269 e. The minimum Gasteiger partial charge on any atom is -0.333 e. The van der Waals surface area contributed by atoms with Crippen LogP contribution in [0.5, 0.6) is 0 Å². The first-order valence-corrected chi connectivity index (χ1v) is 5.85. The highest BCUT2D eigenvalue weighted by Crippen LogP contribution is 2.15. The van der Waals surface area contributed by atoms with Crippen LogP contribution in [0.25, 0.3) is 0 Å². The lowest BCUT2D eigenvalue weighted by atomic mass is 10.1. The number of non-ortho nitro benzene ring substituents is 1. The van der Waals surface area contributed by atoms with Crippen molar-refractivity contribution < 1.29 is 9.72 Å². The number of piperazine rings is 1.